The van der Waals surface area contributed by atoms with E-state index in [2.05, 4.69) is 48.4 Å². The molecule has 1 heterocycles. The number of para-hydroxylation sites is 1. The monoisotopic (exact) mass is 1070 g/mol. The molecule has 0 amide bonds. The number of hydrogen-bond acceptors (Lipinski definition) is 21. The highest BCUT2D eigenvalue weighted by molar-refractivity contribution is 7.22. The molecule has 3 aromatic carbocycles. The molecule has 0 bridgehead atoms. The lowest BCUT2D eigenvalue weighted by Crippen LogP contribution is -2.30. The molecule has 21 heteroatoms. The number of anilines is 1. The zero-order valence-corrected chi connectivity index (χ0v) is 43.0. The minimum Gasteiger partial charge on any atom is -0.494 e. The van der Waals surface area contributed by atoms with E-state index >= 15 is 0 Å². The second-order valence-electron chi connectivity index (χ2n) is 15.8. The summed E-state index contributed by atoms with van der Waals surface area (Å²) < 4.78 is 61.8. The van der Waals surface area contributed by atoms with Crippen molar-refractivity contribution in [3.05, 3.63) is 141 Å². The Hall–Kier alpha value is -8.14. The minimum atomic E-state index is -0.869. The first-order valence-electron chi connectivity index (χ1n) is 24.1. The Morgan fingerprint density at radius 1 is 0.618 bits per heavy atom. The smallest absolute Gasteiger partial charge is 0.343 e. The molecule has 2 atom stereocenters. The molecule has 0 aliphatic heterocycles. The number of benzene rings is 3. The molecule has 406 valence electrons. The molecule has 76 heavy (non-hydrogen) atoms. The number of thiazole rings is 1. The molecule has 4 rings (SSSR count). The van der Waals surface area contributed by atoms with Crippen LogP contribution in [-0.2, 0) is 61.9 Å². The van der Waals surface area contributed by atoms with Crippen molar-refractivity contribution in [2.24, 2.45) is 5.10 Å². The summed E-state index contributed by atoms with van der Waals surface area (Å²) in [6.07, 6.45) is 6.75. The second kappa shape index (κ2) is 35.1. The summed E-state index contributed by atoms with van der Waals surface area (Å²) in [5.74, 6) is -2.48. The van der Waals surface area contributed by atoms with Gasteiger partial charge in [0.05, 0.1) is 67.9 Å². The molecule has 20 nitrogen and oxygen atoms in total. The Balaban J connectivity index is 1.41. The van der Waals surface area contributed by atoms with Crippen LogP contribution in [-0.4, -0.2) is 125 Å². The van der Waals surface area contributed by atoms with E-state index in [1.807, 2.05) is 24.3 Å². The minimum absolute atomic E-state index is 0.0124. The number of esters is 6. The molecular weight excluding hydrogens is 1010 g/mol. The number of ether oxygens (including phenoxy) is 11. The van der Waals surface area contributed by atoms with Crippen LogP contribution in [0, 0.1) is 0 Å². The fourth-order valence-electron chi connectivity index (χ4n) is 6.14. The number of carbonyl (C=O) groups excluding carboxylic acids is 6. The first kappa shape index (κ1) is 60.4. The number of nitrogens with zero attached hydrogens (tertiary/aromatic N) is 2. The average molecular weight is 1070 g/mol. The van der Waals surface area contributed by atoms with Gasteiger partial charge in [0.2, 0.25) is 5.13 Å². The number of hydrazone groups is 1. The van der Waals surface area contributed by atoms with Gasteiger partial charge >= 0.3 is 35.8 Å². The fourth-order valence-corrected chi connectivity index (χ4v) is 6.95. The van der Waals surface area contributed by atoms with E-state index in [4.69, 9.17) is 52.1 Å². The topological polar surface area (TPSA) is 241 Å². The lowest BCUT2D eigenvalue weighted by molar-refractivity contribution is -0.157. The molecule has 0 saturated heterocycles. The summed E-state index contributed by atoms with van der Waals surface area (Å²) in [6.45, 7) is 18.3. The van der Waals surface area contributed by atoms with Crippen LogP contribution < -0.4 is 19.6 Å². The molecule has 1 aromatic heterocycles. The summed E-state index contributed by atoms with van der Waals surface area (Å²) in [6, 6.07) is 18.5. The van der Waals surface area contributed by atoms with Crippen LogP contribution in [0.15, 0.2) is 135 Å². The Bertz CT molecular complexity index is 2560. The van der Waals surface area contributed by atoms with Gasteiger partial charge in [-0.05, 0) is 86.4 Å². The van der Waals surface area contributed by atoms with Crippen molar-refractivity contribution in [2.75, 3.05) is 71.5 Å². The molecular formula is C55H63N3O17S. The third-order valence-electron chi connectivity index (χ3n) is 10.0. The summed E-state index contributed by atoms with van der Waals surface area (Å²) in [4.78, 5) is 77.6. The van der Waals surface area contributed by atoms with Gasteiger partial charge in [-0.15, -0.1) is 0 Å². The molecule has 0 radical (unpaired) electrons. The predicted octanol–water partition coefficient (Wildman–Crippen LogP) is 8.21. The lowest BCUT2D eigenvalue weighted by Gasteiger charge is -2.19. The summed E-state index contributed by atoms with van der Waals surface area (Å²) >= 11 is 1.40. The fraction of sp³-hybridized carbons (Fsp3) is 0.345. The van der Waals surface area contributed by atoms with Crippen molar-refractivity contribution in [1.29, 1.82) is 0 Å². The highest BCUT2D eigenvalue weighted by Crippen LogP contribution is 2.27. The van der Waals surface area contributed by atoms with Gasteiger partial charge in [-0.3, -0.25) is 15.0 Å². The molecule has 0 fully saturated rings. The van der Waals surface area contributed by atoms with Crippen molar-refractivity contribution in [2.45, 2.75) is 57.2 Å². The molecule has 0 saturated carbocycles. The zero-order valence-electron chi connectivity index (χ0n) is 42.2. The Kier molecular flexibility index (Phi) is 27.9. The first-order valence-corrected chi connectivity index (χ1v) is 24.9. The van der Waals surface area contributed by atoms with E-state index in [1.54, 1.807) is 24.3 Å². The average Bonchev–Trinajstić information content (AvgIpc) is 3.85. The van der Waals surface area contributed by atoms with Crippen molar-refractivity contribution < 1.29 is 80.9 Å². The first-order chi connectivity index (χ1) is 36.9. The van der Waals surface area contributed by atoms with Gasteiger partial charge in [0.25, 0.3) is 0 Å². The molecule has 0 aliphatic rings. The SMILES string of the molecule is C=CC(=C)OCCCCOCC(COc1ccc(OC(=O)c2ccc(OCCC(COCCCCOC(=O)C=C)OC(=O)CCOC(=O)C=C)cc2)c(/C=N/Nc2nc3ccccc3s2)c1)OC(=O)CCOC(=O)C=C. The molecule has 0 aliphatic carbocycles. The van der Waals surface area contributed by atoms with Gasteiger partial charge in [0.1, 0.15) is 48.9 Å². The molecule has 0 spiro atoms. The van der Waals surface area contributed by atoms with Crippen LogP contribution in [0.25, 0.3) is 10.2 Å². The number of rotatable bonds is 39. The highest BCUT2D eigenvalue weighted by atomic mass is 32.1. The van der Waals surface area contributed by atoms with Crippen LogP contribution in [0.2, 0.25) is 0 Å². The summed E-state index contributed by atoms with van der Waals surface area (Å²) in [5, 5.41) is 4.90. The number of fused-ring (bicyclic) bond motifs is 1. The van der Waals surface area contributed by atoms with Crippen LogP contribution in [0.4, 0.5) is 5.13 Å². The number of nitrogens with one attached hydrogen (secondary N) is 1. The normalized spacial score (nSPS) is 11.5. The van der Waals surface area contributed by atoms with Crippen molar-refractivity contribution in [3.63, 3.8) is 0 Å². The maximum absolute atomic E-state index is 13.6. The third-order valence-corrected chi connectivity index (χ3v) is 10.9. The van der Waals surface area contributed by atoms with Crippen LogP contribution >= 0.6 is 11.3 Å². The molecule has 2 unspecified atom stereocenters. The third kappa shape index (κ3) is 24.3. The second-order valence-corrected chi connectivity index (χ2v) is 16.9. The van der Waals surface area contributed by atoms with E-state index in [0.717, 1.165) is 28.4 Å². The zero-order chi connectivity index (χ0) is 54.8. The van der Waals surface area contributed by atoms with E-state index in [0.29, 0.717) is 73.5 Å². The van der Waals surface area contributed by atoms with Gasteiger partial charge < -0.3 is 52.1 Å². The number of carbonyl (C=O) groups is 6. The van der Waals surface area contributed by atoms with Crippen LogP contribution in [0.1, 0.15) is 60.9 Å². The molecule has 1 N–H and O–H groups in total. The van der Waals surface area contributed by atoms with Gasteiger partial charge in [0, 0.05) is 43.4 Å². The van der Waals surface area contributed by atoms with Crippen LogP contribution in [0.5, 0.6) is 17.2 Å². The van der Waals surface area contributed by atoms with Crippen molar-refractivity contribution in [1.82, 2.24) is 4.98 Å². The van der Waals surface area contributed by atoms with E-state index < -0.39 is 48.0 Å². The Morgan fingerprint density at radius 3 is 1.83 bits per heavy atom. The molecule has 4 aromatic rings. The van der Waals surface area contributed by atoms with Crippen molar-refractivity contribution in [3.8, 4) is 17.2 Å². The van der Waals surface area contributed by atoms with Gasteiger partial charge in [0.15, 0.2) is 6.10 Å². The number of unbranched alkanes of at least 4 members (excludes halogenated alkanes) is 2. The van der Waals surface area contributed by atoms with Crippen LogP contribution in [0.3, 0.4) is 0 Å². The van der Waals surface area contributed by atoms with E-state index in [9.17, 15) is 28.8 Å². The Morgan fingerprint density at radius 2 is 1.20 bits per heavy atom. The van der Waals surface area contributed by atoms with Gasteiger partial charge in [-0.1, -0.05) is 56.4 Å². The van der Waals surface area contributed by atoms with Crippen molar-refractivity contribution >= 4 is 68.7 Å². The van der Waals surface area contributed by atoms with Gasteiger partial charge in [-0.25, -0.2) is 24.2 Å². The summed E-state index contributed by atoms with van der Waals surface area (Å²) in [7, 11) is 0. The summed E-state index contributed by atoms with van der Waals surface area (Å²) in [5.41, 5.74) is 4.25. The quantitative estimate of drug-likeness (QED) is 0.00509. The number of allylic oxidation sites excluding steroid dienone is 1. The lowest BCUT2D eigenvalue weighted by atomic mass is 10.2. The maximum atomic E-state index is 13.6. The highest BCUT2D eigenvalue weighted by Gasteiger charge is 2.20. The standard InChI is InChI=1S/C55H63N3O17S/c1-6-39(5)67-29-14-12-28-66-37-45(74-53(63)26-33-71-51(61)9-4)38-72-43-22-23-47(41(34-43)35-56-58-55-57-46-16-10-11-17-48(46)76-55)75-54(64)40-18-20-42(21-19-40)68-31-24-44(73-52(62)25-32-70-50(60)8-3)36-65-27-13-15-30-69-49(59)7-2/h6-11,16-23,34-35,44-45H,1-5,12-15,24-33,36-38H2,(H,57,58)/b56-35+. The maximum Gasteiger partial charge on any atom is 0.343 e. The number of aromatic nitrogens is 1. The van der Waals surface area contributed by atoms with E-state index in [-0.39, 0.29) is 76.8 Å². The number of hydrogen-bond donors (Lipinski definition) is 1. The predicted molar refractivity (Wildman–Crippen MR) is 282 cm³/mol. The van der Waals surface area contributed by atoms with Gasteiger partial charge in [-0.2, -0.15) is 5.10 Å². The van der Waals surface area contributed by atoms with E-state index in [1.165, 1.54) is 41.8 Å². The Labute approximate surface area is 444 Å². The largest absolute Gasteiger partial charge is 0.494 e.